The maximum absolute atomic E-state index is 12.4. The normalized spacial score (nSPS) is 15.7. The van der Waals surface area contributed by atoms with Crippen molar-refractivity contribution in [1.29, 1.82) is 0 Å². The average molecular weight is 287 g/mol. The van der Waals surface area contributed by atoms with Gasteiger partial charge in [-0.05, 0) is 44.0 Å². The van der Waals surface area contributed by atoms with Crippen LogP contribution in [0.25, 0.3) is 11.0 Å². The SMILES string of the molecule is Cc1cc2nc(C)n(CC(=O)N3CCOCC3)c2cc1C. The number of rotatable bonds is 2. The van der Waals surface area contributed by atoms with Gasteiger partial charge in [0, 0.05) is 13.1 Å². The summed E-state index contributed by atoms with van der Waals surface area (Å²) < 4.78 is 7.31. The van der Waals surface area contributed by atoms with Gasteiger partial charge in [0.15, 0.2) is 0 Å². The van der Waals surface area contributed by atoms with Crippen LogP contribution in [0.1, 0.15) is 17.0 Å². The highest BCUT2D eigenvalue weighted by Gasteiger charge is 2.19. The Labute approximate surface area is 124 Å². The summed E-state index contributed by atoms with van der Waals surface area (Å²) in [5.41, 5.74) is 4.46. The molecule has 0 atom stereocenters. The number of aryl methyl sites for hydroxylation is 3. The van der Waals surface area contributed by atoms with Gasteiger partial charge in [-0.25, -0.2) is 4.98 Å². The Hall–Kier alpha value is -1.88. The van der Waals surface area contributed by atoms with E-state index in [4.69, 9.17) is 4.74 Å². The Balaban J connectivity index is 1.91. The predicted molar refractivity (Wildman–Crippen MR) is 81.3 cm³/mol. The molecular weight excluding hydrogens is 266 g/mol. The number of carbonyl (C=O) groups excluding carboxylic acids is 1. The van der Waals surface area contributed by atoms with Crippen LogP contribution in [0.3, 0.4) is 0 Å². The van der Waals surface area contributed by atoms with E-state index in [0.29, 0.717) is 32.8 Å². The molecule has 5 nitrogen and oxygen atoms in total. The summed E-state index contributed by atoms with van der Waals surface area (Å²) in [6.45, 7) is 9.11. The van der Waals surface area contributed by atoms with Crippen molar-refractivity contribution in [2.24, 2.45) is 0 Å². The number of carbonyl (C=O) groups is 1. The van der Waals surface area contributed by atoms with Crippen LogP contribution >= 0.6 is 0 Å². The predicted octanol–water partition coefficient (Wildman–Crippen LogP) is 1.82. The van der Waals surface area contributed by atoms with E-state index in [2.05, 4.69) is 31.0 Å². The first-order chi connectivity index (χ1) is 10.1. The Morgan fingerprint density at radius 2 is 1.86 bits per heavy atom. The lowest BCUT2D eigenvalue weighted by atomic mass is 10.1. The fourth-order valence-electron chi connectivity index (χ4n) is 2.75. The summed E-state index contributed by atoms with van der Waals surface area (Å²) in [6, 6.07) is 4.21. The number of fused-ring (bicyclic) bond motifs is 1. The molecule has 0 radical (unpaired) electrons. The minimum atomic E-state index is 0.138. The van der Waals surface area contributed by atoms with Crippen LogP contribution in [0.4, 0.5) is 0 Å². The minimum absolute atomic E-state index is 0.138. The van der Waals surface area contributed by atoms with E-state index in [1.807, 2.05) is 16.4 Å². The highest BCUT2D eigenvalue weighted by atomic mass is 16.5. The molecule has 5 heteroatoms. The molecule has 0 saturated carbocycles. The van der Waals surface area contributed by atoms with E-state index >= 15 is 0 Å². The zero-order valence-electron chi connectivity index (χ0n) is 12.8. The maximum atomic E-state index is 12.4. The molecule has 1 fully saturated rings. The van der Waals surface area contributed by atoms with Crippen LogP contribution in [-0.2, 0) is 16.1 Å². The van der Waals surface area contributed by atoms with Crippen LogP contribution in [0.5, 0.6) is 0 Å². The zero-order chi connectivity index (χ0) is 15.0. The summed E-state index contributed by atoms with van der Waals surface area (Å²) in [5, 5.41) is 0. The smallest absolute Gasteiger partial charge is 0.242 e. The first kappa shape index (κ1) is 14.1. The molecule has 1 aliphatic heterocycles. The number of hydrogen-bond donors (Lipinski definition) is 0. The molecule has 0 bridgehead atoms. The monoisotopic (exact) mass is 287 g/mol. The van der Waals surface area contributed by atoms with Gasteiger partial charge in [-0.3, -0.25) is 4.79 Å². The fraction of sp³-hybridized carbons (Fsp3) is 0.500. The van der Waals surface area contributed by atoms with Crippen LogP contribution in [0, 0.1) is 20.8 Å². The van der Waals surface area contributed by atoms with Gasteiger partial charge in [0.25, 0.3) is 0 Å². The lowest BCUT2D eigenvalue weighted by Gasteiger charge is -2.27. The number of ether oxygens (including phenoxy) is 1. The first-order valence-electron chi connectivity index (χ1n) is 7.36. The fourth-order valence-corrected chi connectivity index (χ4v) is 2.75. The maximum Gasteiger partial charge on any atom is 0.242 e. The molecule has 2 heterocycles. The minimum Gasteiger partial charge on any atom is -0.378 e. The molecule has 2 aromatic rings. The topological polar surface area (TPSA) is 47.4 Å². The average Bonchev–Trinajstić information content (AvgIpc) is 2.76. The molecule has 0 N–H and O–H groups in total. The third-order valence-electron chi connectivity index (χ3n) is 4.21. The lowest BCUT2D eigenvalue weighted by Crippen LogP contribution is -2.42. The number of nitrogens with zero attached hydrogens (tertiary/aromatic N) is 3. The molecule has 0 aliphatic carbocycles. The van der Waals surface area contributed by atoms with Crippen molar-refractivity contribution in [3.8, 4) is 0 Å². The van der Waals surface area contributed by atoms with E-state index in [9.17, 15) is 4.79 Å². The second kappa shape index (κ2) is 5.48. The molecule has 0 unspecified atom stereocenters. The van der Waals surface area contributed by atoms with Crippen LogP contribution in [0.2, 0.25) is 0 Å². The Morgan fingerprint density at radius 3 is 2.57 bits per heavy atom. The van der Waals surface area contributed by atoms with Crippen LogP contribution in [0.15, 0.2) is 12.1 Å². The van der Waals surface area contributed by atoms with Gasteiger partial charge in [0.1, 0.15) is 12.4 Å². The van der Waals surface area contributed by atoms with Crippen LogP contribution < -0.4 is 0 Å². The summed E-state index contributed by atoms with van der Waals surface area (Å²) in [7, 11) is 0. The number of aromatic nitrogens is 2. The largest absolute Gasteiger partial charge is 0.378 e. The Bertz CT molecular complexity index is 684. The quantitative estimate of drug-likeness (QED) is 0.846. The number of amides is 1. The second-order valence-corrected chi connectivity index (χ2v) is 5.66. The third kappa shape index (κ3) is 2.65. The summed E-state index contributed by atoms with van der Waals surface area (Å²) in [4.78, 5) is 18.9. The van der Waals surface area contributed by atoms with Crippen molar-refractivity contribution in [2.45, 2.75) is 27.3 Å². The van der Waals surface area contributed by atoms with E-state index in [-0.39, 0.29) is 5.91 Å². The van der Waals surface area contributed by atoms with Gasteiger partial charge in [-0.1, -0.05) is 0 Å². The van der Waals surface area contributed by atoms with Gasteiger partial charge in [0.2, 0.25) is 5.91 Å². The molecule has 1 amide bonds. The number of morpholine rings is 1. The third-order valence-corrected chi connectivity index (χ3v) is 4.21. The molecule has 3 rings (SSSR count). The second-order valence-electron chi connectivity index (χ2n) is 5.66. The summed E-state index contributed by atoms with van der Waals surface area (Å²) in [6.07, 6.45) is 0. The van der Waals surface area contributed by atoms with Crippen molar-refractivity contribution in [3.63, 3.8) is 0 Å². The van der Waals surface area contributed by atoms with E-state index in [1.165, 1.54) is 11.1 Å². The highest BCUT2D eigenvalue weighted by molar-refractivity contribution is 5.82. The van der Waals surface area contributed by atoms with Crippen molar-refractivity contribution in [1.82, 2.24) is 14.5 Å². The lowest BCUT2D eigenvalue weighted by molar-refractivity contribution is -0.135. The van der Waals surface area contributed by atoms with Crippen molar-refractivity contribution in [2.75, 3.05) is 26.3 Å². The van der Waals surface area contributed by atoms with Crippen molar-refractivity contribution in [3.05, 3.63) is 29.1 Å². The molecular formula is C16H21N3O2. The number of hydrogen-bond acceptors (Lipinski definition) is 3. The number of benzene rings is 1. The highest BCUT2D eigenvalue weighted by Crippen LogP contribution is 2.20. The summed E-state index contributed by atoms with van der Waals surface area (Å²) in [5.74, 6) is 1.02. The molecule has 0 spiro atoms. The van der Waals surface area contributed by atoms with Gasteiger partial charge >= 0.3 is 0 Å². The van der Waals surface area contributed by atoms with Gasteiger partial charge in [-0.2, -0.15) is 0 Å². The molecule has 112 valence electrons. The Morgan fingerprint density at radius 1 is 1.19 bits per heavy atom. The summed E-state index contributed by atoms with van der Waals surface area (Å²) >= 11 is 0. The molecule has 1 saturated heterocycles. The van der Waals surface area contributed by atoms with Gasteiger partial charge in [0.05, 0.1) is 24.2 Å². The number of imidazole rings is 1. The standard InChI is InChI=1S/C16H21N3O2/c1-11-8-14-15(9-12(11)2)19(13(3)17-14)10-16(20)18-4-6-21-7-5-18/h8-9H,4-7,10H2,1-3H3. The molecule has 1 aliphatic rings. The molecule has 21 heavy (non-hydrogen) atoms. The molecule has 1 aromatic carbocycles. The van der Waals surface area contributed by atoms with Gasteiger partial charge < -0.3 is 14.2 Å². The van der Waals surface area contributed by atoms with E-state index in [0.717, 1.165) is 16.9 Å². The van der Waals surface area contributed by atoms with E-state index < -0.39 is 0 Å². The zero-order valence-corrected chi connectivity index (χ0v) is 12.8. The van der Waals surface area contributed by atoms with Crippen molar-refractivity contribution < 1.29 is 9.53 Å². The van der Waals surface area contributed by atoms with Crippen molar-refractivity contribution >= 4 is 16.9 Å². The molecule has 1 aromatic heterocycles. The Kier molecular flexibility index (Phi) is 3.68. The first-order valence-corrected chi connectivity index (χ1v) is 7.36. The van der Waals surface area contributed by atoms with Crippen LogP contribution in [-0.4, -0.2) is 46.7 Å². The van der Waals surface area contributed by atoms with Gasteiger partial charge in [-0.15, -0.1) is 0 Å². The van der Waals surface area contributed by atoms with E-state index in [1.54, 1.807) is 0 Å².